The number of halogens is 1. The van der Waals surface area contributed by atoms with Crippen LogP contribution in [0.4, 0.5) is 4.39 Å². The van der Waals surface area contributed by atoms with Crippen LogP contribution in [0.1, 0.15) is 11.1 Å². The monoisotopic (exact) mass is 260 g/mol. The lowest BCUT2D eigenvalue weighted by Gasteiger charge is -2.00. The van der Waals surface area contributed by atoms with E-state index in [0.717, 1.165) is 5.56 Å². The molecule has 0 bridgehead atoms. The standard InChI is InChI=1S/C15H13FOS/c1-12-7-9-14(10-8-12)18(17)15(16)11-13-5-3-2-4-6-13/h2-11H,1H3. The van der Waals surface area contributed by atoms with E-state index in [-0.39, 0.29) is 0 Å². The summed E-state index contributed by atoms with van der Waals surface area (Å²) in [5.41, 5.74) is 1.76. The van der Waals surface area contributed by atoms with Crippen LogP contribution in [0.3, 0.4) is 0 Å². The molecule has 3 heteroatoms. The number of rotatable bonds is 3. The van der Waals surface area contributed by atoms with E-state index in [2.05, 4.69) is 0 Å². The fraction of sp³-hybridized carbons (Fsp3) is 0.0667. The highest BCUT2D eigenvalue weighted by molar-refractivity contribution is 7.89. The normalized spacial score (nSPS) is 13.3. The molecule has 92 valence electrons. The molecular weight excluding hydrogens is 247 g/mol. The fourth-order valence-electron chi connectivity index (χ4n) is 1.51. The van der Waals surface area contributed by atoms with Crippen molar-refractivity contribution in [1.82, 2.24) is 0 Å². The third kappa shape index (κ3) is 3.14. The Bertz CT molecular complexity index is 573. The lowest BCUT2D eigenvalue weighted by Crippen LogP contribution is -1.91. The molecule has 0 aliphatic carbocycles. The molecule has 0 radical (unpaired) electrons. The molecule has 0 saturated carbocycles. The molecule has 1 nitrogen and oxygen atoms in total. The molecule has 0 N–H and O–H groups in total. The Morgan fingerprint density at radius 3 is 2.28 bits per heavy atom. The molecular formula is C15H13FOS. The van der Waals surface area contributed by atoms with Gasteiger partial charge in [-0.05, 0) is 30.7 Å². The summed E-state index contributed by atoms with van der Waals surface area (Å²) < 4.78 is 25.8. The molecule has 1 atom stereocenters. The van der Waals surface area contributed by atoms with Gasteiger partial charge in [0.25, 0.3) is 0 Å². The summed E-state index contributed by atoms with van der Waals surface area (Å²) in [4.78, 5) is 0.477. The Labute approximate surface area is 108 Å². The topological polar surface area (TPSA) is 17.1 Å². The van der Waals surface area contributed by atoms with E-state index >= 15 is 0 Å². The SMILES string of the molecule is Cc1ccc(S(=O)C(F)=Cc2ccccc2)cc1. The van der Waals surface area contributed by atoms with Crippen LogP contribution in [0.5, 0.6) is 0 Å². The van der Waals surface area contributed by atoms with E-state index in [1.807, 2.05) is 37.3 Å². The van der Waals surface area contributed by atoms with Crippen molar-refractivity contribution in [3.8, 4) is 0 Å². The smallest absolute Gasteiger partial charge is 0.192 e. The first-order chi connectivity index (χ1) is 8.66. The average molecular weight is 260 g/mol. The van der Waals surface area contributed by atoms with Gasteiger partial charge in [-0.1, -0.05) is 48.0 Å². The Morgan fingerprint density at radius 2 is 1.67 bits per heavy atom. The lowest BCUT2D eigenvalue weighted by molar-refractivity contribution is 0.653. The highest BCUT2D eigenvalue weighted by atomic mass is 32.2. The van der Waals surface area contributed by atoms with Gasteiger partial charge in [0.1, 0.15) is 10.8 Å². The van der Waals surface area contributed by atoms with Gasteiger partial charge >= 0.3 is 0 Å². The van der Waals surface area contributed by atoms with Crippen LogP contribution in [-0.2, 0) is 10.8 Å². The third-order valence-corrected chi connectivity index (χ3v) is 3.66. The van der Waals surface area contributed by atoms with Crippen molar-refractivity contribution < 1.29 is 8.60 Å². The molecule has 0 amide bonds. The van der Waals surface area contributed by atoms with E-state index in [1.54, 1.807) is 24.3 Å². The maximum Gasteiger partial charge on any atom is 0.192 e. The van der Waals surface area contributed by atoms with Gasteiger partial charge in [0, 0.05) is 4.90 Å². The van der Waals surface area contributed by atoms with Gasteiger partial charge in [0.2, 0.25) is 0 Å². The predicted octanol–water partition coefficient (Wildman–Crippen LogP) is 4.07. The van der Waals surface area contributed by atoms with Gasteiger partial charge in [-0.25, -0.2) is 4.21 Å². The van der Waals surface area contributed by atoms with Gasteiger partial charge in [-0.15, -0.1) is 0 Å². The molecule has 2 aromatic rings. The van der Waals surface area contributed by atoms with Crippen LogP contribution in [0, 0.1) is 6.92 Å². The zero-order chi connectivity index (χ0) is 13.0. The van der Waals surface area contributed by atoms with Crippen molar-refractivity contribution >= 4 is 16.9 Å². The third-order valence-electron chi connectivity index (χ3n) is 2.49. The summed E-state index contributed by atoms with van der Waals surface area (Å²) >= 11 is 0. The molecule has 0 saturated heterocycles. The molecule has 2 rings (SSSR count). The van der Waals surface area contributed by atoms with Crippen LogP contribution in [0.15, 0.2) is 64.7 Å². The van der Waals surface area contributed by atoms with Crippen LogP contribution >= 0.6 is 0 Å². The summed E-state index contributed by atoms with van der Waals surface area (Å²) in [7, 11) is -1.74. The van der Waals surface area contributed by atoms with Crippen molar-refractivity contribution in [1.29, 1.82) is 0 Å². The number of benzene rings is 2. The summed E-state index contributed by atoms with van der Waals surface area (Å²) in [6.45, 7) is 1.93. The van der Waals surface area contributed by atoms with Gasteiger partial charge in [-0.3, -0.25) is 0 Å². The minimum Gasteiger partial charge on any atom is -0.247 e. The van der Waals surface area contributed by atoms with Gasteiger partial charge in [0.05, 0.1) is 0 Å². The molecule has 0 aliphatic heterocycles. The minimum absolute atomic E-state index is 0.477. The summed E-state index contributed by atoms with van der Waals surface area (Å²) in [5.74, 6) is 0. The Morgan fingerprint density at radius 1 is 1.06 bits per heavy atom. The van der Waals surface area contributed by atoms with Crippen molar-refractivity contribution in [3.63, 3.8) is 0 Å². The number of hydrogen-bond donors (Lipinski definition) is 0. The molecule has 18 heavy (non-hydrogen) atoms. The summed E-state index contributed by atoms with van der Waals surface area (Å²) in [5, 5.41) is -0.634. The first-order valence-electron chi connectivity index (χ1n) is 5.57. The van der Waals surface area contributed by atoms with Gasteiger partial charge in [-0.2, -0.15) is 4.39 Å². The second kappa shape index (κ2) is 5.74. The van der Waals surface area contributed by atoms with E-state index in [4.69, 9.17) is 0 Å². The lowest BCUT2D eigenvalue weighted by atomic mass is 10.2. The zero-order valence-corrected chi connectivity index (χ0v) is 10.8. The fourth-order valence-corrected chi connectivity index (χ4v) is 2.36. The maximum absolute atomic E-state index is 13.8. The molecule has 2 aromatic carbocycles. The largest absolute Gasteiger partial charge is 0.247 e. The Kier molecular flexibility index (Phi) is 4.05. The molecule has 0 aromatic heterocycles. The predicted molar refractivity (Wildman–Crippen MR) is 73.1 cm³/mol. The second-order valence-electron chi connectivity index (χ2n) is 3.94. The van der Waals surface area contributed by atoms with Crippen molar-refractivity contribution in [2.24, 2.45) is 0 Å². The van der Waals surface area contributed by atoms with E-state index in [1.165, 1.54) is 6.08 Å². The molecule has 1 unspecified atom stereocenters. The maximum atomic E-state index is 13.8. The first kappa shape index (κ1) is 12.7. The van der Waals surface area contributed by atoms with Gasteiger partial charge < -0.3 is 0 Å². The Balaban J connectivity index is 2.24. The van der Waals surface area contributed by atoms with Crippen molar-refractivity contribution in [2.45, 2.75) is 11.8 Å². The van der Waals surface area contributed by atoms with Crippen molar-refractivity contribution in [3.05, 3.63) is 70.9 Å². The average Bonchev–Trinajstić information content (AvgIpc) is 2.40. The molecule has 0 aliphatic rings. The quantitative estimate of drug-likeness (QED) is 0.813. The molecule has 0 spiro atoms. The van der Waals surface area contributed by atoms with Crippen LogP contribution in [0.2, 0.25) is 0 Å². The van der Waals surface area contributed by atoms with Crippen LogP contribution < -0.4 is 0 Å². The Hall–Kier alpha value is -1.74. The van der Waals surface area contributed by atoms with Crippen LogP contribution in [0.25, 0.3) is 6.08 Å². The molecule has 0 heterocycles. The number of aryl methyl sites for hydroxylation is 1. The van der Waals surface area contributed by atoms with E-state index in [9.17, 15) is 8.60 Å². The van der Waals surface area contributed by atoms with E-state index in [0.29, 0.717) is 10.5 Å². The highest BCUT2D eigenvalue weighted by Gasteiger charge is 2.09. The van der Waals surface area contributed by atoms with E-state index < -0.39 is 16.0 Å². The summed E-state index contributed by atoms with van der Waals surface area (Å²) in [6, 6.07) is 16.0. The number of hydrogen-bond acceptors (Lipinski definition) is 1. The van der Waals surface area contributed by atoms with Crippen molar-refractivity contribution in [2.75, 3.05) is 0 Å². The molecule has 0 fully saturated rings. The van der Waals surface area contributed by atoms with Gasteiger partial charge in [0.15, 0.2) is 5.16 Å². The zero-order valence-electron chi connectivity index (χ0n) is 9.97. The first-order valence-corrected chi connectivity index (χ1v) is 6.72. The highest BCUT2D eigenvalue weighted by Crippen LogP contribution is 2.18. The van der Waals surface area contributed by atoms with Crippen LogP contribution in [-0.4, -0.2) is 4.21 Å². The summed E-state index contributed by atoms with van der Waals surface area (Å²) in [6.07, 6.45) is 1.30. The second-order valence-corrected chi connectivity index (χ2v) is 5.34. The minimum atomic E-state index is -1.74.